The molecule has 23 heavy (non-hydrogen) atoms. The van der Waals surface area contributed by atoms with Crippen molar-refractivity contribution in [1.82, 2.24) is 15.2 Å². The number of aromatic hydroxyl groups is 1. The van der Waals surface area contributed by atoms with Gasteiger partial charge in [0.05, 0.1) is 23.5 Å². The average molecular weight is 381 g/mol. The van der Waals surface area contributed by atoms with Crippen LogP contribution in [-0.2, 0) is 11.3 Å². The Morgan fingerprint density at radius 2 is 2.22 bits per heavy atom. The highest BCUT2D eigenvalue weighted by molar-refractivity contribution is 9.10. The van der Waals surface area contributed by atoms with E-state index >= 15 is 0 Å². The Bertz CT molecular complexity index is 732. The average Bonchev–Trinajstić information content (AvgIpc) is 2.76. The molecule has 8 heteroatoms. The predicted molar refractivity (Wildman–Crippen MR) is 89.8 cm³/mol. The minimum atomic E-state index is -0.288. The maximum absolute atomic E-state index is 11.8. The van der Waals surface area contributed by atoms with Gasteiger partial charge in [-0.25, -0.2) is 5.43 Å². The number of carbonyl (C=O) groups is 1. The number of nitrogens with zero attached hydrogens (tertiary/aromatic N) is 3. The number of nitrogens with one attached hydrogen (secondary N) is 1. The van der Waals surface area contributed by atoms with Crippen molar-refractivity contribution in [2.45, 2.75) is 20.4 Å². The zero-order chi connectivity index (χ0) is 17.0. The smallest absolute Gasteiger partial charge is 0.261 e. The summed E-state index contributed by atoms with van der Waals surface area (Å²) in [4.78, 5) is 11.8. The van der Waals surface area contributed by atoms with Gasteiger partial charge < -0.3 is 9.84 Å². The molecule has 0 spiro atoms. The quantitative estimate of drug-likeness (QED) is 0.614. The Labute approximate surface area is 142 Å². The van der Waals surface area contributed by atoms with E-state index in [-0.39, 0.29) is 18.2 Å². The molecular weight excluding hydrogens is 364 g/mol. The molecule has 0 saturated carbocycles. The number of ether oxygens (including phenoxy) is 1. The van der Waals surface area contributed by atoms with Crippen molar-refractivity contribution in [2.24, 2.45) is 5.10 Å². The first-order valence-electron chi connectivity index (χ1n) is 6.80. The highest BCUT2D eigenvalue weighted by Gasteiger charge is 2.08. The Morgan fingerprint density at radius 3 is 2.78 bits per heavy atom. The first kappa shape index (κ1) is 17.0. The molecule has 0 aliphatic carbocycles. The number of halogens is 1. The molecule has 1 aromatic heterocycles. The Hall–Kier alpha value is -2.35. The summed E-state index contributed by atoms with van der Waals surface area (Å²) in [5, 5.41) is 17.9. The standard InChI is InChI=1S/C15H17BrN4O3/c1-9-4-10(2)20(19-9)8-14(22)18-17-7-11-5-12(16)15(23-3)13(21)6-11/h4-7,21H,8H2,1-3H3,(H,18,22). The largest absolute Gasteiger partial charge is 0.504 e. The number of amides is 1. The van der Waals surface area contributed by atoms with Crippen LogP contribution in [0.3, 0.4) is 0 Å². The lowest BCUT2D eigenvalue weighted by atomic mass is 10.2. The van der Waals surface area contributed by atoms with Crippen molar-refractivity contribution in [3.05, 3.63) is 39.6 Å². The highest BCUT2D eigenvalue weighted by atomic mass is 79.9. The minimum absolute atomic E-state index is 0.0164. The van der Waals surface area contributed by atoms with Gasteiger partial charge in [-0.2, -0.15) is 10.2 Å². The van der Waals surface area contributed by atoms with Crippen LogP contribution < -0.4 is 10.2 Å². The van der Waals surface area contributed by atoms with Crippen LogP contribution in [0.1, 0.15) is 17.0 Å². The summed E-state index contributed by atoms with van der Waals surface area (Å²) in [5.74, 6) is 0.0391. The molecule has 0 aliphatic rings. The second-order valence-corrected chi connectivity index (χ2v) is 5.79. The zero-order valence-electron chi connectivity index (χ0n) is 13.0. The number of phenols is 1. The van der Waals surface area contributed by atoms with Crippen molar-refractivity contribution in [3.63, 3.8) is 0 Å². The third-order valence-electron chi connectivity index (χ3n) is 3.05. The van der Waals surface area contributed by atoms with Crippen LogP contribution in [0.4, 0.5) is 0 Å². The molecule has 0 unspecified atom stereocenters. The van der Waals surface area contributed by atoms with Gasteiger partial charge in [0.1, 0.15) is 6.54 Å². The maximum atomic E-state index is 11.8. The van der Waals surface area contributed by atoms with Crippen molar-refractivity contribution in [1.29, 1.82) is 0 Å². The van der Waals surface area contributed by atoms with Gasteiger partial charge in [0.15, 0.2) is 11.5 Å². The molecule has 0 radical (unpaired) electrons. The van der Waals surface area contributed by atoms with Crippen molar-refractivity contribution in [2.75, 3.05) is 7.11 Å². The van der Waals surface area contributed by atoms with E-state index in [0.717, 1.165) is 11.4 Å². The number of benzene rings is 1. The lowest BCUT2D eigenvalue weighted by Gasteiger charge is -2.06. The normalized spacial score (nSPS) is 11.0. The van der Waals surface area contributed by atoms with E-state index in [1.807, 2.05) is 19.9 Å². The summed E-state index contributed by atoms with van der Waals surface area (Å²) < 4.78 is 7.23. The molecule has 7 nitrogen and oxygen atoms in total. The molecule has 0 atom stereocenters. The summed E-state index contributed by atoms with van der Waals surface area (Å²) in [6.45, 7) is 3.84. The second-order valence-electron chi connectivity index (χ2n) is 4.93. The molecule has 2 rings (SSSR count). The fourth-order valence-corrected chi connectivity index (χ4v) is 2.69. The van der Waals surface area contributed by atoms with E-state index < -0.39 is 0 Å². The first-order chi connectivity index (χ1) is 10.9. The van der Waals surface area contributed by atoms with E-state index in [1.54, 1.807) is 10.7 Å². The molecule has 2 aromatic rings. The molecule has 0 bridgehead atoms. The Balaban J connectivity index is 1.99. The number of phenolic OH excluding ortho intramolecular Hbond substituents is 1. The summed E-state index contributed by atoms with van der Waals surface area (Å²) in [5.41, 5.74) is 4.80. The van der Waals surface area contributed by atoms with Crippen LogP contribution in [-0.4, -0.2) is 34.1 Å². The van der Waals surface area contributed by atoms with Gasteiger partial charge in [-0.1, -0.05) is 0 Å². The number of methoxy groups -OCH3 is 1. The van der Waals surface area contributed by atoms with Gasteiger partial charge in [0, 0.05) is 5.69 Å². The molecule has 2 N–H and O–H groups in total. The number of carbonyl (C=O) groups excluding carboxylic acids is 1. The van der Waals surface area contributed by atoms with Crippen LogP contribution in [0, 0.1) is 13.8 Å². The number of aryl methyl sites for hydroxylation is 2. The van der Waals surface area contributed by atoms with E-state index in [9.17, 15) is 9.90 Å². The molecule has 0 fully saturated rings. The monoisotopic (exact) mass is 380 g/mol. The third kappa shape index (κ3) is 4.32. The van der Waals surface area contributed by atoms with E-state index in [2.05, 4.69) is 31.6 Å². The van der Waals surface area contributed by atoms with E-state index in [0.29, 0.717) is 15.8 Å². The molecule has 1 heterocycles. The summed E-state index contributed by atoms with van der Waals surface area (Å²) in [6, 6.07) is 5.10. The maximum Gasteiger partial charge on any atom is 0.261 e. The lowest BCUT2D eigenvalue weighted by Crippen LogP contribution is -2.24. The fraction of sp³-hybridized carbons (Fsp3) is 0.267. The summed E-state index contributed by atoms with van der Waals surface area (Å²) in [6.07, 6.45) is 1.43. The van der Waals surface area contributed by atoms with Crippen molar-refractivity contribution in [3.8, 4) is 11.5 Å². The lowest BCUT2D eigenvalue weighted by molar-refractivity contribution is -0.121. The van der Waals surface area contributed by atoms with Gasteiger partial charge in [-0.3, -0.25) is 9.48 Å². The molecule has 0 aliphatic heterocycles. The van der Waals surface area contributed by atoms with E-state index in [4.69, 9.17) is 4.74 Å². The van der Waals surface area contributed by atoms with Gasteiger partial charge in [-0.05, 0) is 53.5 Å². The molecule has 1 aromatic carbocycles. The number of hydrazone groups is 1. The number of aromatic nitrogens is 2. The van der Waals surface area contributed by atoms with Gasteiger partial charge >= 0.3 is 0 Å². The van der Waals surface area contributed by atoms with Crippen LogP contribution in [0.2, 0.25) is 0 Å². The predicted octanol–water partition coefficient (Wildman–Crippen LogP) is 2.13. The third-order valence-corrected chi connectivity index (χ3v) is 3.64. The van der Waals surface area contributed by atoms with Crippen molar-refractivity contribution < 1.29 is 14.6 Å². The Morgan fingerprint density at radius 1 is 1.48 bits per heavy atom. The van der Waals surface area contributed by atoms with Crippen molar-refractivity contribution >= 4 is 28.1 Å². The highest BCUT2D eigenvalue weighted by Crippen LogP contribution is 2.34. The number of hydrogen-bond acceptors (Lipinski definition) is 5. The second kappa shape index (κ2) is 7.28. The number of rotatable bonds is 5. The van der Waals surface area contributed by atoms with Crippen LogP contribution in [0.25, 0.3) is 0 Å². The molecule has 0 saturated heterocycles. The molecule has 122 valence electrons. The van der Waals surface area contributed by atoms with Crippen LogP contribution in [0.5, 0.6) is 11.5 Å². The molecule has 1 amide bonds. The topological polar surface area (TPSA) is 88.7 Å². The van der Waals surface area contributed by atoms with Crippen LogP contribution >= 0.6 is 15.9 Å². The minimum Gasteiger partial charge on any atom is -0.504 e. The first-order valence-corrected chi connectivity index (χ1v) is 7.59. The zero-order valence-corrected chi connectivity index (χ0v) is 14.6. The SMILES string of the molecule is COc1c(O)cc(C=NNC(=O)Cn2nc(C)cc2C)cc1Br. The summed E-state index contributed by atoms with van der Waals surface area (Å²) in [7, 11) is 1.47. The van der Waals surface area contributed by atoms with Gasteiger partial charge in [0.2, 0.25) is 0 Å². The fourth-order valence-electron chi connectivity index (χ4n) is 2.06. The van der Waals surface area contributed by atoms with E-state index in [1.165, 1.54) is 19.4 Å². The Kier molecular flexibility index (Phi) is 5.38. The molecular formula is C15H17BrN4O3. The van der Waals surface area contributed by atoms with Gasteiger partial charge in [0.25, 0.3) is 5.91 Å². The van der Waals surface area contributed by atoms with Crippen LogP contribution in [0.15, 0.2) is 27.8 Å². The van der Waals surface area contributed by atoms with Gasteiger partial charge in [-0.15, -0.1) is 0 Å². The number of hydrogen-bond donors (Lipinski definition) is 2. The summed E-state index contributed by atoms with van der Waals surface area (Å²) >= 11 is 3.29.